The maximum absolute atomic E-state index is 11.9. The van der Waals surface area contributed by atoms with Gasteiger partial charge in [0.1, 0.15) is 11.3 Å². The molecule has 5 nitrogen and oxygen atoms in total. The summed E-state index contributed by atoms with van der Waals surface area (Å²) in [5.74, 6) is -0.717. The number of rotatable bonds is 3. The minimum Gasteiger partial charge on any atom is -0.479 e. The lowest BCUT2D eigenvalue weighted by molar-refractivity contribution is -0.144. The molecule has 0 amide bonds. The predicted octanol–water partition coefficient (Wildman–Crippen LogP) is 2.80. The predicted molar refractivity (Wildman–Crippen MR) is 77.7 cm³/mol. The Labute approximate surface area is 119 Å². The van der Waals surface area contributed by atoms with Crippen molar-refractivity contribution in [1.82, 2.24) is 0 Å². The monoisotopic (exact) mass is 284 g/mol. The van der Waals surface area contributed by atoms with Gasteiger partial charge in [-0.25, -0.2) is 9.59 Å². The Morgan fingerprint density at radius 2 is 1.86 bits per heavy atom. The lowest BCUT2D eigenvalue weighted by Gasteiger charge is -2.11. The van der Waals surface area contributed by atoms with Crippen LogP contribution in [0.15, 0.2) is 51.7 Å². The van der Waals surface area contributed by atoms with E-state index in [1.54, 1.807) is 24.3 Å². The molecule has 5 heteroatoms. The van der Waals surface area contributed by atoms with E-state index in [4.69, 9.17) is 14.3 Å². The Morgan fingerprint density at radius 1 is 1.14 bits per heavy atom. The third-order valence-corrected chi connectivity index (χ3v) is 3.25. The van der Waals surface area contributed by atoms with Crippen LogP contribution < -0.4 is 10.4 Å². The third kappa shape index (κ3) is 2.33. The molecule has 0 aliphatic rings. The number of hydrogen-bond acceptors (Lipinski definition) is 4. The molecule has 1 heterocycles. The Hall–Kier alpha value is -2.82. The number of carboxylic acid groups (broad SMARTS) is 1. The number of carbonyl (C=O) groups is 1. The van der Waals surface area contributed by atoms with Crippen molar-refractivity contribution in [3.05, 3.63) is 52.9 Å². The molecule has 0 aliphatic heterocycles. The van der Waals surface area contributed by atoms with E-state index in [-0.39, 0.29) is 0 Å². The van der Waals surface area contributed by atoms with Crippen LogP contribution in [0.5, 0.6) is 5.75 Å². The van der Waals surface area contributed by atoms with Crippen LogP contribution in [0.2, 0.25) is 0 Å². The largest absolute Gasteiger partial charge is 0.479 e. The summed E-state index contributed by atoms with van der Waals surface area (Å²) >= 11 is 0. The van der Waals surface area contributed by atoms with E-state index in [0.29, 0.717) is 16.7 Å². The lowest BCUT2D eigenvalue weighted by atomic mass is 10.1. The first-order valence-corrected chi connectivity index (χ1v) is 6.41. The molecule has 3 rings (SSSR count). The van der Waals surface area contributed by atoms with Crippen molar-refractivity contribution in [3.63, 3.8) is 0 Å². The minimum atomic E-state index is -1.06. The molecule has 1 atom stereocenters. The second-order valence-corrected chi connectivity index (χ2v) is 4.69. The first-order valence-electron chi connectivity index (χ1n) is 6.41. The summed E-state index contributed by atoms with van der Waals surface area (Å²) in [5.41, 5.74) is -0.0599. The Bertz CT molecular complexity index is 894. The second-order valence-electron chi connectivity index (χ2n) is 4.69. The molecule has 1 N–H and O–H groups in total. The maximum atomic E-state index is 11.9. The standard InChI is InChI=1S/C16H12O5/c1-9(15(17)18)20-10-6-7-12-11-4-2-3-5-13(11)16(19)21-14(12)8-10/h2-9H,1H3,(H,17,18)/t9-/m1/s1. The van der Waals surface area contributed by atoms with E-state index in [0.717, 1.165) is 10.8 Å². The van der Waals surface area contributed by atoms with Gasteiger partial charge in [0.25, 0.3) is 0 Å². The zero-order chi connectivity index (χ0) is 15.0. The summed E-state index contributed by atoms with van der Waals surface area (Å²) in [5, 5.41) is 10.9. The SMILES string of the molecule is C[C@@H](Oc1ccc2c(c1)oc(=O)c1ccccc12)C(=O)O. The van der Waals surface area contributed by atoms with Gasteiger partial charge in [-0.15, -0.1) is 0 Å². The molecular weight excluding hydrogens is 272 g/mol. The van der Waals surface area contributed by atoms with Crippen LogP contribution in [0.25, 0.3) is 21.7 Å². The summed E-state index contributed by atoms with van der Waals surface area (Å²) in [6.07, 6.45) is -0.977. The topological polar surface area (TPSA) is 76.7 Å². The van der Waals surface area contributed by atoms with E-state index in [1.807, 2.05) is 12.1 Å². The first-order chi connectivity index (χ1) is 10.1. The summed E-state index contributed by atoms with van der Waals surface area (Å²) < 4.78 is 10.5. The van der Waals surface area contributed by atoms with Gasteiger partial charge in [-0.05, 0) is 30.5 Å². The van der Waals surface area contributed by atoms with E-state index < -0.39 is 17.7 Å². The fraction of sp³-hybridized carbons (Fsp3) is 0.125. The fourth-order valence-corrected chi connectivity index (χ4v) is 2.19. The number of ether oxygens (including phenoxy) is 1. The lowest BCUT2D eigenvalue weighted by Crippen LogP contribution is -2.22. The van der Waals surface area contributed by atoms with Gasteiger partial charge in [-0.3, -0.25) is 0 Å². The van der Waals surface area contributed by atoms with Crippen LogP contribution in [0.3, 0.4) is 0 Å². The normalized spacial score (nSPS) is 12.4. The fourth-order valence-electron chi connectivity index (χ4n) is 2.19. The number of benzene rings is 2. The van der Waals surface area contributed by atoms with Gasteiger partial charge in [0.15, 0.2) is 6.10 Å². The molecule has 0 radical (unpaired) electrons. The van der Waals surface area contributed by atoms with Crippen LogP contribution in [-0.2, 0) is 4.79 Å². The average Bonchev–Trinajstić information content (AvgIpc) is 2.47. The van der Waals surface area contributed by atoms with Gasteiger partial charge in [0.05, 0.1) is 5.39 Å². The Kier molecular flexibility index (Phi) is 3.10. The maximum Gasteiger partial charge on any atom is 0.344 e. The summed E-state index contributed by atoms with van der Waals surface area (Å²) in [4.78, 5) is 22.7. The van der Waals surface area contributed by atoms with Gasteiger partial charge in [0.2, 0.25) is 0 Å². The summed E-state index contributed by atoms with van der Waals surface area (Å²) in [6, 6.07) is 12.1. The zero-order valence-corrected chi connectivity index (χ0v) is 11.2. The minimum absolute atomic E-state index is 0.343. The average molecular weight is 284 g/mol. The highest BCUT2D eigenvalue weighted by atomic mass is 16.5. The van der Waals surface area contributed by atoms with Crippen LogP contribution in [0.4, 0.5) is 0 Å². The molecule has 3 aromatic rings. The molecule has 1 aromatic heterocycles. The van der Waals surface area contributed by atoms with Crippen molar-refractivity contribution in [2.45, 2.75) is 13.0 Å². The molecule has 0 spiro atoms. The highest BCUT2D eigenvalue weighted by molar-refractivity contribution is 6.04. The van der Waals surface area contributed by atoms with Gasteiger partial charge >= 0.3 is 11.6 Å². The van der Waals surface area contributed by atoms with E-state index in [2.05, 4.69) is 0 Å². The highest BCUT2D eigenvalue weighted by Crippen LogP contribution is 2.26. The molecule has 0 aliphatic carbocycles. The van der Waals surface area contributed by atoms with Crippen LogP contribution >= 0.6 is 0 Å². The molecule has 0 saturated carbocycles. The number of hydrogen-bond donors (Lipinski definition) is 1. The highest BCUT2D eigenvalue weighted by Gasteiger charge is 2.14. The molecule has 2 aromatic carbocycles. The second kappa shape index (κ2) is 4.94. The zero-order valence-electron chi connectivity index (χ0n) is 11.2. The Balaban J connectivity index is 2.17. The van der Waals surface area contributed by atoms with E-state index in [9.17, 15) is 9.59 Å². The molecule has 0 fully saturated rings. The first kappa shape index (κ1) is 13.2. The van der Waals surface area contributed by atoms with Crippen molar-refractivity contribution < 1.29 is 19.1 Å². The smallest absolute Gasteiger partial charge is 0.344 e. The molecule has 0 unspecified atom stereocenters. The summed E-state index contributed by atoms with van der Waals surface area (Å²) in [6.45, 7) is 1.43. The molecule has 0 saturated heterocycles. The van der Waals surface area contributed by atoms with Gasteiger partial charge < -0.3 is 14.3 Å². The van der Waals surface area contributed by atoms with Gasteiger partial charge in [-0.1, -0.05) is 18.2 Å². The van der Waals surface area contributed by atoms with Crippen LogP contribution in [0.1, 0.15) is 6.92 Å². The van der Waals surface area contributed by atoms with Crippen molar-refractivity contribution in [2.24, 2.45) is 0 Å². The van der Waals surface area contributed by atoms with Crippen molar-refractivity contribution in [1.29, 1.82) is 0 Å². The van der Waals surface area contributed by atoms with Gasteiger partial charge in [-0.2, -0.15) is 0 Å². The molecular formula is C16H12O5. The number of carboxylic acids is 1. The van der Waals surface area contributed by atoms with Crippen molar-refractivity contribution in [2.75, 3.05) is 0 Å². The van der Waals surface area contributed by atoms with Gasteiger partial charge in [0, 0.05) is 11.5 Å². The Morgan fingerprint density at radius 3 is 2.57 bits per heavy atom. The van der Waals surface area contributed by atoms with E-state index in [1.165, 1.54) is 13.0 Å². The molecule has 106 valence electrons. The third-order valence-electron chi connectivity index (χ3n) is 3.25. The molecule has 21 heavy (non-hydrogen) atoms. The van der Waals surface area contributed by atoms with Crippen molar-refractivity contribution >= 4 is 27.7 Å². The quantitative estimate of drug-likeness (QED) is 0.591. The molecule has 0 bridgehead atoms. The van der Waals surface area contributed by atoms with Crippen LogP contribution in [0, 0.1) is 0 Å². The number of aliphatic carboxylic acids is 1. The van der Waals surface area contributed by atoms with Crippen molar-refractivity contribution in [3.8, 4) is 5.75 Å². The van der Waals surface area contributed by atoms with E-state index >= 15 is 0 Å². The summed E-state index contributed by atoms with van der Waals surface area (Å²) in [7, 11) is 0. The van der Waals surface area contributed by atoms with Crippen LogP contribution in [-0.4, -0.2) is 17.2 Å². The number of fused-ring (bicyclic) bond motifs is 3.